The monoisotopic (exact) mass is 1040 g/mol. The lowest BCUT2D eigenvalue weighted by Gasteiger charge is -2.19. The predicted molar refractivity (Wildman–Crippen MR) is 311 cm³/mol. The molecule has 0 rings (SSSR count). The number of phosphoric acid groups is 1. The van der Waals surface area contributed by atoms with Gasteiger partial charge in [-0.25, -0.2) is 4.57 Å². The summed E-state index contributed by atoms with van der Waals surface area (Å²) < 4.78 is 33.0. The van der Waals surface area contributed by atoms with Crippen molar-refractivity contribution in [2.75, 3.05) is 26.4 Å². The molecule has 0 saturated heterocycles. The Morgan fingerprint density at radius 3 is 1.05 bits per heavy atom. The van der Waals surface area contributed by atoms with Crippen molar-refractivity contribution in [2.45, 2.75) is 251 Å². The Balaban J connectivity index is 3.92. The summed E-state index contributed by atoms with van der Waals surface area (Å²) in [6.45, 7) is 3.51. The first-order valence-electron chi connectivity index (χ1n) is 29.4. The molecule has 0 amide bonds. The molecule has 0 aliphatic rings. The SMILES string of the molecule is CC/C=C\C/C=C\C/C=C\C/C=C\C/C=C\C/C=C\CCCCCCCCCCCCCCCCCCC(=O)OC(COC(=O)CCCCCCCCC/C=C\C/C=C\C/C=C\CC)COP(=O)(O)OCCN. The second-order valence-electron chi connectivity index (χ2n) is 19.1. The van der Waals surface area contributed by atoms with Gasteiger partial charge < -0.3 is 20.1 Å². The number of carbonyl (C=O) groups excluding carboxylic acids is 2. The van der Waals surface area contributed by atoms with Gasteiger partial charge in [-0.15, -0.1) is 0 Å². The van der Waals surface area contributed by atoms with Gasteiger partial charge in [0.1, 0.15) is 6.61 Å². The van der Waals surface area contributed by atoms with E-state index in [4.69, 9.17) is 24.3 Å². The summed E-state index contributed by atoms with van der Waals surface area (Å²) >= 11 is 0. The molecule has 2 atom stereocenters. The van der Waals surface area contributed by atoms with Gasteiger partial charge in [-0.05, 0) is 96.3 Å². The van der Waals surface area contributed by atoms with Gasteiger partial charge in [-0.1, -0.05) is 245 Å². The first-order chi connectivity index (χ1) is 35.8. The summed E-state index contributed by atoms with van der Waals surface area (Å²) in [6.07, 6.45) is 78.7. The van der Waals surface area contributed by atoms with Crippen molar-refractivity contribution in [1.29, 1.82) is 0 Å². The molecule has 73 heavy (non-hydrogen) atoms. The Kier molecular flexibility index (Phi) is 55.3. The molecule has 0 aromatic heterocycles. The lowest BCUT2D eigenvalue weighted by molar-refractivity contribution is -0.161. The molecule has 0 bridgehead atoms. The lowest BCUT2D eigenvalue weighted by Crippen LogP contribution is -2.29. The van der Waals surface area contributed by atoms with Gasteiger partial charge in [0.05, 0.1) is 13.2 Å². The second-order valence-corrected chi connectivity index (χ2v) is 20.6. The topological polar surface area (TPSA) is 134 Å². The van der Waals surface area contributed by atoms with Crippen LogP contribution >= 0.6 is 7.82 Å². The molecule has 0 heterocycles. The predicted octanol–water partition coefficient (Wildman–Crippen LogP) is 18.6. The van der Waals surface area contributed by atoms with Crippen LogP contribution in [0.3, 0.4) is 0 Å². The third kappa shape index (κ3) is 57.8. The van der Waals surface area contributed by atoms with E-state index in [0.29, 0.717) is 6.42 Å². The van der Waals surface area contributed by atoms with Crippen molar-refractivity contribution in [3.63, 3.8) is 0 Å². The minimum atomic E-state index is -4.39. The van der Waals surface area contributed by atoms with Crippen LogP contribution in [0.4, 0.5) is 0 Å². The van der Waals surface area contributed by atoms with Crippen molar-refractivity contribution in [2.24, 2.45) is 5.73 Å². The normalized spacial score (nSPS) is 13.9. The van der Waals surface area contributed by atoms with Crippen LogP contribution in [0, 0.1) is 0 Å². The van der Waals surface area contributed by atoms with Gasteiger partial charge in [0.15, 0.2) is 6.10 Å². The first-order valence-corrected chi connectivity index (χ1v) is 30.9. The zero-order chi connectivity index (χ0) is 53.1. The third-order valence-electron chi connectivity index (χ3n) is 12.2. The van der Waals surface area contributed by atoms with Gasteiger partial charge >= 0.3 is 19.8 Å². The Labute approximate surface area is 448 Å². The summed E-state index contributed by atoms with van der Waals surface area (Å²) in [6, 6.07) is 0. The van der Waals surface area contributed by atoms with Gasteiger partial charge in [-0.2, -0.15) is 0 Å². The highest BCUT2D eigenvalue weighted by Gasteiger charge is 2.26. The Hall–Kier alpha value is -3.33. The first kappa shape index (κ1) is 69.7. The van der Waals surface area contributed by atoms with Crippen LogP contribution in [0.2, 0.25) is 0 Å². The van der Waals surface area contributed by atoms with Crippen molar-refractivity contribution in [3.8, 4) is 0 Å². The summed E-state index contributed by atoms with van der Waals surface area (Å²) in [5.74, 6) is -0.840. The number of hydrogen-bond donors (Lipinski definition) is 2. The highest BCUT2D eigenvalue weighted by molar-refractivity contribution is 7.47. The smallest absolute Gasteiger partial charge is 0.462 e. The molecule has 0 aromatic carbocycles. The molecular formula is C63H108NO8P. The molecule has 0 radical (unpaired) electrons. The quantitative estimate of drug-likeness (QED) is 0.0264. The molecule has 0 saturated carbocycles. The average Bonchev–Trinajstić information content (AvgIpc) is 3.38. The molecule has 0 aliphatic carbocycles. The van der Waals surface area contributed by atoms with E-state index in [2.05, 4.69) is 123 Å². The number of phosphoric ester groups is 1. The molecule has 3 N–H and O–H groups in total. The highest BCUT2D eigenvalue weighted by Crippen LogP contribution is 2.43. The highest BCUT2D eigenvalue weighted by atomic mass is 31.2. The minimum Gasteiger partial charge on any atom is -0.462 e. The van der Waals surface area contributed by atoms with E-state index in [9.17, 15) is 19.0 Å². The van der Waals surface area contributed by atoms with Crippen LogP contribution in [0.5, 0.6) is 0 Å². The number of ether oxygens (including phenoxy) is 2. The molecule has 2 unspecified atom stereocenters. The summed E-state index contributed by atoms with van der Waals surface area (Å²) in [7, 11) is -4.39. The molecule has 0 aliphatic heterocycles. The summed E-state index contributed by atoms with van der Waals surface area (Å²) in [4.78, 5) is 35.2. The van der Waals surface area contributed by atoms with Crippen LogP contribution in [-0.4, -0.2) is 49.3 Å². The van der Waals surface area contributed by atoms with E-state index in [0.717, 1.165) is 109 Å². The van der Waals surface area contributed by atoms with Crippen LogP contribution in [0.1, 0.15) is 245 Å². The standard InChI is InChI=1S/C63H108NO8P/c1-3-5-7-9-11-13-15-17-19-21-22-23-24-25-26-27-28-29-30-31-32-33-34-35-36-37-38-40-42-44-46-48-50-52-54-56-63(66)72-61(60-71-73(67,68)70-58-57-64)59-69-62(65)55-53-51-49-47-45-43-41-39-20-18-16-14-12-10-8-6-4-2/h5-8,11-14,17-20,22-23,25-26,28-29,61H,3-4,9-10,15-16,21,24,27,30-60,64H2,1-2H3,(H,67,68)/b7-5-,8-6-,13-11-,14-12-,19-17-,20-18-,23-22-,26-25-,29-28-. The lowest BCUT2D eigenvalue weighted by atomic mass is 10.0. The third-order valence-corrected chi connectivity index (χ3v) is 13.1. The minimum absolute atomic E-state index is 0.0481. The van der Waals surface area contributed by atoms with Crippen molar-refractivity contribution in [1.82, 2.24) is 0 Å². The fourth-order valence-electron chi connectivity index (χ4n) is 7.89. The van der Waals surface area contributed by atoms with Gasteiger partial charge in [0.25, 0.3) is 0 Å². The molecule has 9 nitrogen and oxygen atoms in total. The molecule has 418 valence electrons. The zero-order valence-corrected chi connectivity index (χ0v) is 47.5. The van der Waals surface area contributed by atoms with E-state index in [-0.39, 0.29) is 32.6 Å². The summed E-state index contributed by atoms with van der Waals surface area (Å²) in [5.41, 5.74) is 5.38. The van der Waals surface area contributed by atoms with Crippen LogP contribution in [0.25, 0.3) is 0 Å². The fraction of sp³-hybridized carbons (Fsp3) is 0.683. The molecule has 0 aromatic rings. The molecule has 10 heteroatoms. The molecule has 0 spiro atoms. The number of nitrogens with two attached hydrogens (primary N) is 1. The number of hydrogen-bond acceptors (Lipinski definition) is 8. The van der Waals surface area contributed by atoms with Crippen molar-refractivity contribution >= 4 is 19.8 Å². The zero-order valence-electron chi connectivity index (χ0n) is 46.6. The van der Waals surface area contributed by atoms with Crippen LogP contribution < -0.4 is 5.73 Å². The average molecular weight is 1040 g/mol. The van der Waals surface area contributed by atoms with E-state index < -0.39 is 32.5 Å². The van der Waals surface area contributed by atoms with E-state index in [1.807, 2.05) is 0 Å². The maximum Gasteiger partial charge on any atom is 0.472 e. The van der Waals surface area contributed by atoms with Crippen molar-refractivity contribution < 1.29 is 37.6 Å². The van der Waals surface area contributed by atoms with E-state index in [1.54, 1.807) is 0 Å². The number of esters is 2. The summed E-state index contributed by atoms with van der Waals surface area (Å²) in [5, 5.41) is 0. The largest absolute Gasteiger partial charge is 0.472 e. The van der Waals surface area contributed by atoms with Crippen LogP contribution in [0.15, 0.2) is 109 Å². The second kappa shape index (κ2) is 57.9. The van der Waals surface area contributed by atoms with E-state index >= 15 is 0 Å². The maximum atomic E-state index is 12.7. The van der Waals surface area contributed by atoms with Gasteiger partial charge in [-0.3, -0.25) is 18.6 Å². The van der Waals surface area contributed by atoms with E-state index in [1.165, 1.54) is 103 Å². The fourth-order valence-corrected chi connectivity index (χ4v) is 8.65. The van der Waals surface area contributed by atoms with Gasteiger partial charge in [0.2, 0.25) is 0 Å². The number of unbranched alkanes of at least 4 members (excludes halogenated alkanes) is 23. The number of carbonyl (C=O) groups is 2. The van der Waals surface area contributed by atoms with Gasteiger partial charge in [0, 0.05) is 19.4 Å². The maximum absolute atomic E-state index is 12.7. The number of allylic oxidation sites excluding steroid dienone is 18. The molecule has 0 fully saturated rings. The number of rotatable bonds is 54. The van der Waals surface area contributed by atoms with Crippen LogP contribution in [-0.2, 0) is 32.7 Å². The Morgan fingerprint density at radius 2 is 0.712 bits per heavy atom. The molecular weight excluding hydrogens is 930 g/mol. The Morgan fingerprint density at radius 1 is 0.411 bits per heavy atom. The Bertz CT molecular complexity index is 1560. The van der Waals surface area contributed by atoms with Crippen molar-refractivity contribution in [3.05, 3.63) is 109 Å².